The fourth-order valence-corrected chi connectivity index (χ4v) is 8.13. The first kappa shape index (κ1) is 61.3. The third kappa shape index (κ3) is 48.1. The molecule has 0 aliphatic rings. The number of carbonyl (C=O) groups excluding carboxylic acids is 2. The van der Waals surface area contributed by atoms with Crippen molar-refractivity contribution in [2.45, 2.75) is 283 Å². The molecule has 0 fully saturated rings. The summed E-state index contributed by atoms with van der Waals surface area (Å²) in [6, 6.07) is 0. The molecule has 1 N–H and O–H groups in total. The number of aliphatic carboxylic acids is 1. The molecule has 374 valence electrons. The second-order valence-corrected chi connectivity index (χ2v) is 19.9. The highest BCUT2D eigenvalue weighted by Gasteiger charge is 2.25. The van der Waals surface area contributed by atoms with Crippen molar-refractivity contribution in [2.24, 2.45) is 0 Å². The molecule has 0 saturated carbocycles. The van der Waals surface area contributed by atoms with Crippen LogP contribution in [0, 0.1) is 0 Å². The zero-order valence-corrected chi connectivity index (χ0v) is 42.5. The fourth-order valence-electron chi connectivity index (χ4n) is 8.13. The lowest BCUT2D eigenvalue weighted by Gasteiger charge is -2.25. The van der Waals surface area contributed by atoms with E-state index in [0.717, 1.165) is 38.5 Å². The first-order chi connectivity index (χ1) is 30.6. The molecular weight excluding hydrogens is 791 g/mol. The number of carbonyl (C=O) groups is 3. The number of hydrogen-bond acceptors (Lipinski definition) is 7. The Bertz CT molecular complexity index is 1000. The number of quaternary nitrogens is 1. The summed E-state index contributed by atoms with van der Waals surface area (Å²) in [4.78, 5) is 37.3. The molecule has 0 rings (SSSR count). The van der Waals surface area contributed by atoms with Crippen LogP contribution in [0.15, 0.2) is 0 Å². The number of hydrogen-bond donors (Lipinski definition) is 1. The predicted molar refractivity (Wildman–Crippen MR) is 263 cm³/mol. The molecule has 0 aromatic rings. The highest BCUT2D eigenvalue weighted by molar-refractivity contribution is 5.71. The van der Waals surface area contributed by atoms with Gasteiger partial charge in [0.1, 0.15) is 13.2 Å². The number of carboxylic acid groups (broad SMARTS) is 1. The highest BCUT2D eigenvalue weighted by Crippen LogP contribution is 2.17. The van der Waals surface area contributed by atoms with Gasteiger partial charge in [-0.25, -0.2) is 4.79 Å². The molecule has 0 spiro atoms. The molecule has 0 heterocycles. The highest BCUT2D eigenvalue weighted by atomic mass is 16.7. The van der Waals surface area contributed by atoms with E-state index in [9.17, 15) is 19.5 Å². The van der Waals surface area contributed by atoms with E-state index in [1.165, 1.54) is 205 Å². The van der Waals surface area contributed by atoms with Crippen LogP contribution in [0.5, 0.6) is 0 Å². The summed E-state index contributed by atoms with van der Waals surface area (Å²) in [5.41, 5.74) is 0. The molecule has 0 aliphatic carbocycles. The van der Waals surface area contributed by atoms with Crippen molar-refractivity contribution in [3.63, 3.8) is 0 Å². The van der Waals surface area contributed by atoms with Gasteiger partial charge in [-0.2, -0.15) is 0 Å². The summed E-state index contributed by atoms with van der Waals surface area (Å²) in [7, 11) is 5.97. The maximum Gasteiger partial charge on any atom is 0.361 e. The Morgan fingerprint density at radius 2 is 0.714 bits per heavy atom. The molecule has 9 nitrogen and oxygen atoms in total. The van der Waals surface area contributed by atoms with Crippen molar-refractivity contribution in [3.05, 3.63) is 0 Å². The van der Waals surface area contributed by atoms with Crippen LogP contribution in [0.4, 0.5) is 0 Å². The molecule has 0 bridgehead atoms. The Hall–Kier alpha value is -1.71. The average Bonchev–Trinajstić information content (AvgIpc) is 3.24. The van der Waals surface area contributed by atoms with E-state index in [4.69, 9.17) is 18.9 Å². The van der Waals surface area contributed by atoms with Crippen LogP contribution >= 0.6 is 0 Å². The molecule has 9 heteroatoms. The largest absolute Gasteiger partial charge is 0.477 e. The minimum Gasteiger partial charge on any atom is -0.477 e. The number of unbranched alkanes of at least 4 members (excludes halogenated alkanes) is 36. The second kappa shape index (κ2) is 46.8. The van der Waals surface area contributed by atoms with Crippen molar-refractivity contribution < 1.29 is 42.9 Å². The van der Waals surface area contributed by atoms with Crippen LogP contribution in [0.25, 0.3) is 0 Å². The Kier molecular flexibility index (Phi) is 45.5. The molecule has 0 saturated heterocycles. The Balaban J connectivity index is 4.17. The smallest absolute Gasteiger partial charge is 0.361 e. The van der Waals surface area contributed by atoms with Gasteiger partial charge in [0.25, 0.3) is 6.29 Å². The van der Waals surface area contributed by atoms with E-state index in [1.807, 2.05) is 21.1 Å². The van der Waals surface area contributed by atoms with Crippen molar-refractivity contribution >= 4 is 17.9 Å². The van der Waals surface area contributed by atoms with Gasteiger partial charge in [-0.05, 0) is 12.8 Å². The van der Waals surface area contributed by atoms with Gasteiger partial charge < -0.3 is 28.5 Å². The average molecular weight is 897 g/mol. The number of likely N-dealkylation sites (N-methyl/N-ethyl adjacent to an activating group) is 1. The minimum absolute atomic E-state index is 0.173. The predicted octanol–water partition coefficient (Wildman–Crippen LogP) is 15.2. The minimum atomic E-state index is -1.50. The van der Waals surface area contributed by atoms with Gasteiger partial charge in [0.2, 0.25) is 0 Å². The Morgan fingerprint density at radius 1 is 0.413 bits per heavy atom. The summed E-state index contributed by atoms with van der Waals surface area (Å²) in [5.74, 6) is -1.98. The lowest BCUT2D eigenvalue weighted by Crippen LogP contribution is -2.40. The van der Waals surface area contributed by atoms with Crippen LogP contribution < -0.4 is 0 Å². The van der Waals surface area contributed by atoms with Gasteiger partial charge in [-0.3, -0.25) is 9.59 Å². The SMILES string of the molecule is CCCCCCCCCCCCCCCCCCCCCCCCCCCC(=O)OC(COC(=O)CCCCCCCCCCCCCCC)COC(OCC[N+](C)(C)C)C(=O)O. The molecule has 0 aliphatic heterocycles. The first-order valence-electron chi connectivity index (χ1n) is 27.2. The van der Waals surface area contributed by atoms with Gasteiger partial charge in [0, 0.05) is 12.8 Å². The number of rotatable bonds is 51. The first-order valence-corrected chi connectivity index (χ1v) is 27.2. The van der Waals surface area contributed by atoms with Crippen LogP contribution in [-0.2, 0) is 33.3 Å². The van der Waals surface area contributed by atoms with E-state index in [2.05, 4.69) is 13.8 Å². The standard InChI is InChI=1S/C54H105NO8/c1-6-8-10-12-14-16-18-20-21-22-23-24-25-26-27-28-29-30-31-33-35-37-39-41-43-45-52(57)63-50(49-62-54(53(58)59)60-47-46-55(3,4)5)48-61-51(56)44-42-40-38-36-34-32-19-17-15-13-11-9-7-2/h50,54H,6-49H2,1-5H3/p+1. The summed E-state index contributed by atoms with van der Waals surface area (Å²) in [6.45, 7) is 4.93. The molecule has 0 aromatic carbocycles. The quantitative estimate of drug-likeness (QED) is 0.0278. The molecule has 0 radical (unpaired) electrons. The summed E-state index contributed by atoms with van der Waals surface area (Å²) in [6.07, 6.45) is 47.5. The lowest BCUT2D eigenvalue weighted by atomic mass is 10.0. The topological polar surface area (TPSA) is 108 Å². The van der Waals surface area contributed by atoms with Crippen LogP contribution in [-0.4, -0.2) is 87.4 Å². The molecular formula is C54H106NO8+. The summed E-state index contributed by atoms with van der Waals surface area (Å²) in [5, 5.41) is 9.67. The van der Waals surface area contributed by atoms with Gasteiger partial charge in [-0.15, -0.1) is 0 Å². The summed E-state index contributed by atoms with van der Waals surface area (Å²) >= 11 is 0. The lowest BCUT2D eigenvalue weighted by molar-refractivity contribution is -0.870. The Labute approximate surface area is 390 Å². The van der Waals surface area contributed by atoms with Crippen molar-refractivity contribution in [1.82, 2.24) is 0 Å². The van der Waals surface area contributed by atoms with Gasteiger partial charge in [0.15, 0.2) is 6.10 Å². The van der Waals surface area contributed by atoms with Crippen molar-refractivity contribution in [2.75, 3.05) is 47.5 Å². The van der Waals surface area contributed by atoms with E-state index < -0.39 is 18.4 Å². The van der Waals surface area contributed by atoms with Gasteiger partial charge in [-0.1, -0.05) is 245 Å². The molecule has 63 heavy (non-hydrogen) atoms. The number of nitrogens with zero attached hydrogens (tertiary/aromatic N) is 1. The molecule has 2 atom stereocenters. The number of esters is 2. The second-order valence-electron chi connectivity index (χ2n) is 19.9. The van der Waals surface area contributed by atoms with E-state index >= 15 is 0 Å². The van der Waals surface area contributed by atoms with Crippen LogP contribution in [0.2, 0.25) is 0 Å². The van der Waals surface area contributed by atoms with Crippen molar-refractivity contribution in [3.8, 4) is 0 Å². The molecule has 0 amide bonds. The van der Waals surface area contributed by atoms with E-state index in [-0.39, 0.29) is 38.2 Å². The van der Waals surface area contributed by atoms with Crippen molar-refractivity contribution in [1.29, 1.82) is 0 Å². The van der Waals surface area contributed by atoms with Crippen LogP contribution in [0.1, 0.15) is 271 Å². The maximum atomic E-state index is 12.8. The Morgan fingerprint density at radius 3 is 1.02 bits per heavy atom. The third-order valence-corrected chi connectivity index (χ3v) is 12.4. The van der Waals surface area contributed by atoms with Gasteiger partial charge in [0.05, 0.1) is 34.4 Å². The maximum absolute atomic E-state index is 12.8. The number of ether oxygens (including phenoxy) is 4. The van der Waals surface area contributed by atoms with Crippen LogP contribution in [0.3, 0.4) is 0 Å². The van der Waals surface area contributed by atoms with E-state index in [0.29, 0.717) is 17.4 Å². The molecule has 2 unspecified atom stereocenters. The molecule has 0 aromatic heterocycles. The zero-order chi connectivity index (χ0) is 46.3. The fraction of sp³-hybridized carbons (Fsp3) is 0.944. The zero-order valence-electron chi connectivity index (χ0n) is 42.5. The monoisotopic (exact) mass is 897 g/mol. The third-order valence-electron chi connectivity index (χ3n) is 12.4. The van der Waals surface area contributed by atoms with E-state index in [1.54, 1.807) is 0 Å². The van der Waals surface area contributed by atoms with Gasteiger partial charge >= 0.3 is 17.9 Å². The summed E-state index contributed by atoms with van der Waals surface area (Å²) < 4.78 is 22.8. The number of carboxylic acids is 1. The normalized spacial score (nSPS) is 12.7.